The van der Waals surface area contributed by atoms with Crippen molar-refractivity contribution in [3.63, 3.8) is 0 Å². The predicted octanol–water partition coefficient (Wildman–Crippen LogP) is 2.48. The summed E-state index contributed by atoms with van der Waals surface area (Å²) in [4.78, 5) is 0. The van der Waals surface area contributed by atoms with Gasteiger partial charge in [0, 0.05) is 5.66 Å². The van der Waals surface area contributed by atoms with Crippen molar-refractivity contribution in [3.05, 3.63) is 0 Å². The summed E-state index contributed by atoms with van der Waals surface area (Å²) >= 11 is 0. The third kappa shape index (κ3) is 5.75. The van der Waals surface area contributed by atoms with Crippen molar-refractivity contribution >= 4 is 7.60 Å². The summed E-state index contributed by atoms with van der Waals surface area (Å²) in [6.45, 7) is 3.37. The van der Waals surface area contributed by atoms with Crippen LogP contribution in [0.2, 0.25) is 0 Å². The second-order valence-corrected chi connectivity index (χ2v) is 3.62. The van der Waals surface area contributed by atoms with E-state index >= 15 is 0 Å². The fourth-order valence-electron chi connectivity index (χ4n) is 0.570. The Morgan fingerprint density at radius 3 is 2.08 bits per heavy atom. The number of rotatable bonds is 4. The Bertz CT molecular complexity index is 234. The van der Waals surface area contributed by atoms with E-state index in [0.29, 0.717) is 0 Å². The molecule has 0 aliphatic carbocycles. The zero-order valence-corrected chi connectivity index (χ0v) is 8.31. The fourth-order valence-corrected chi connectivity index (χ4v) is 1.71. The average molecular weight is 212 g/mol. The van der Waals surface area contributed by atoms with Crippen LogP contribution in [0.25, 0.3) is 0 Å². The fraction of sp³-hybridized carbons (Fsp3) is 0.714. The lowest BCUT2D eigenvalue weighted by atomic mass is 10.8. The number of hydrogen-bond acceptors (Lipinski definition) is 3. The molecule has 0 amide bonds. The molecule has 0 radical (unpaired) electrons. The zero-order valence-electron chi connectivity index (χ0n) is 7.42. The van der Waals surface area contributed by atoms with E-state index in [4.69, 9.17) is 0 Å². The smallest absolute Gasteiger partial charge is 0.300 e. The van der Waals surface area contributed by atoms with Gasteiger partial charge in [-0.2, -0.15) is 8.78 Å². The van der Waals surface area contributed by atoms with Gasteiger partial charge in [-0.15, -0.1) is 0 Å². The van der Waals surface area contributed by atoms with Crippen molar-refractivity contribution in [1.29, 1.82) is 0 Å². The molecule has 0 heterocycles. The number of alkyl halides is 2. The lowest BCUT2D eigenvalue weighted by Crippen LogP contribution is -1.94. The van der Waals surface area contributed by atoms with Crippen LogP contribution in [0.4, 0.5) is 8.78 Å². The Morgan fingerprint density at radius 1 is 1.31 bits per heavy atom. The van der Waals surface area contributed by atoms with Crippen LogP contribution in [-0.2, 0) is 13.6 Å². The monoisotopic (exact) mass is 212 g/mol. The van der Waals surface area contributed by atoms with E-state index in [0.717, 1.165) is 0 Å². The first kappa shape index (κ1) is 12.6. The largest absolute Gasteiger partial charge is 0.405 e. The molecule has 0 aromatic heterocycles. The number of halogens is 2. The van der Waals surface area contributed by atoms with E-state index in [-0.39, 0.29) is 13.2 Å². The maximum atomic E-state index is 11.6. The van der Waals surface area contributed by atoms with Crippen molar-refractivity contribution in [1.82, 2.24) is 0 Å². The van der Waals surface area contributed by atoms with Gasteiger partial charge in [-0.25, -0.2) is 4.57 Å². The highest BCUT2D eigenvalue weighted by molar-refractivity contribution is 7.59. The van der Waals surface area contributed by atoms with E-state index in [2.05, 4.69) is 9.05 Å². The maximum Gasteiger partial charge on any atom is 0.405 e. The summed E-state index contributed by atoms with van der Waals surface area (Å²) in [6.07, 6.45) is -2.82. The van der Waals surface area contributed by atoms with Crippen LogP contribution >= 0.6 is 7.60 Å². The van der Waals surface area contributed by atoms with Gasteiger partial charge in [0.15, 0.2) is 0 Å². The molecule has 0 unspecified atom stereocenters. The molecule has 0 saturated carbocycles. The van der Waals surface area contributed by atoms with Gasteiger partial charge in [0.1, 0.15) is 0 Å². The topological polar surface area (TPSA) is 35.5 Å². The summed E-state index contributed by atoms with van der Waals surface area (Å²) in [5, 5.41) is 0. The lowest BCUT2D eigenvalue weighted by molar-refractivity contribution is 0.213. The Hall–Kier alpha value is -0.430. The molecule has 0 spiro atoms. The number of hydrogen-bond donors (Lipinski definition) is 0. The molecule has 0 aliphatic rings. The summed E-state index contributed by atoms with van der Waals surface area (Å²) < 4.78 is 43.9. The predicted molar refractivity (Wildman–Crippen MR) is 44.6 cm³/mol. The van der Waals surface area contributed by atoms with Crippen molar-refractivity contribution < 1.29 is 22.4 Å². The average Bonchev–Trinajstić information content (AvgIpc) is 2.02. The van der Waals surface area contributed by atoms with Gasteiger partial charge in [-0.1, -0.05) is 0 Å². The van der Waals surface area contributed by atoms with Crippen molar-refractivity contribution in [2.45, 2.75) is 20.3 Å². The first-order chi connectivity index (χ1) is 6.04. The molecule has 0 aromatic rings. The first-order valence-corrected chi connectivity index (χ1v) is 5.28. The third-order valence-corrected chi connectivity index (χ3v) is 2.51. The van der Waals surface area contributed by atoms with E-state index < -0.39 is 14.0 Å². The Labute approximate surface area is 75.9 Å². The minimum atomic E-state index is -3.61. The maximum absolute atomic E-state index is 11.6. The van der Waals surface area contributed by atoms with Crippen LogP contribution in [0.15, 0.2) is 0 Å². The normalized spacial score (nSPS) is 11.2. The lowest BCUT2D eigenvalue weighted by Gasteiger charge is -2.09. The summed E-state index contributed by atoms with van der Waals surface area (Å²) in [6, 6.07) is 0. The quantitative estimate of drug-likeness (QED) is 0.530. The van der Waals surface area contributed by atoms with Crippen LogP contribution in [0.5, 0.6) is 0 Å². The van der Waals surface area contributed by atoms with Crippen molar-refractivity contribution in [2.24, 2.45) is 0 Å². The molecular weight excluding hydrogens is 201 g/mol. The standard InChI is InChI=1S/C7H11F2O3P/c1-3-11-13(10,12-4-2)6-5-7(8)9/h7H,3-4H2,1-2H3. The molecule has 0 aromatic carbocycles. The minimum Gasteiger partial charge on any atom is -0.300 e. The molecule has 0 N–H and O–H groups in total. The van der Waals surface area contributed by atoms with Crippen molar-refractivity contribution in [2.75, 3.05) is 13.2 Å². The second kappa shape index (κ2) is 6.09. The molecule has 3 nitrogen and oxygen atoms in total. The molecule has 0 saturated heterocycles. The summed E-state index contributed by atoms with van der Waals surface area (Å²) in [7, 11) is -3.61. The highest BCUT2D eigenvalue weighted by Crippen LogP contribution is 2.46. The van der Waals surface area contributed by atoms with Crippen LogP contribution in [0, 0.1) is 11.6 Å². The van der Waals surface area contributed by atoms with Gasteiger partial charge >= 0.3 is 7.60 Å². The van der Waals surface area contributed by atoms with E-state index in [9.17, 15) is 13.3 Å². The molecule has 0 atom stereocenters. The van der Waals surface area contributed by atoms with Crippen LogP contribution < -0.4 is 0 Å². The Balaban J connectivity index is 4.43. The summed E-state index contributed by atoms with van der Waals surface area (Å²) in [5.74, 6) is 1.46. The SMILES string of the molecule is CCOP(=O)(C#CC(F)F)OCC. The van der Waals surface area contributed by atoms with Crippen molar-refractivity contribution in [3.8, 4) is 11.6 Å². The molecule has 0 aliphatic heterocycles. The minimum absolute atomic E-state index is 0.106. The van der Waals surface area contributed by atoms with Gasteiger partial charge in [-0.3, -0.25) is 9.05 Å². The van der Waals surface area contributed by atoms with Crippen LogP contribution in [-0.4, -0.2) is 19.6 Å². The second-order valence-electron chi connectivity index (χ2n) is 1.89. The van der Waals surface area contributed by atoms with Gasteiger partial charge in [0.05, 0.1) is 13.2 Å². The molecule has 76 valence electrons. The van der Waals surface area contributed by atoms with Gasteiger partial charge in [0.2, 0.25) is 0 Å². The summed E-state index contributed by atoms with van der Waals surface area (Å²) in [5.41, 5.74) is 1.81. The molecule has 13 heavy (non-hydrogen) atoms. The molecule has 0 bridgehead atoms. The van der Waals surface area contributed by atoms with Gasteiger partial charge in [-0.05, 0) is 19.8 Å². The Morgan fingerprint density at radius 2 is 1.77 bits per heavy atom. The first-order valence-electron chi connectivity index (χ1n) is 3.74. The van der Waals surface area contributed by atoms with Gasteiger partial charge < -0.3 is 0 Å². The zero-order chi connectivity index (χ0) is 10.3. The van der Waals surface area contributed by atoms with Crippen LogP contribution in [0.1, 0.15) is 13.8 Å². The highest BCUT2D eigenvalue weighted by atomic mass is 31.2. The Kier molecular flexibility index (Phi) is 5.89. The molecule has 0 rings (SSSR count). The van der Waals surface area contributed by atoms with Crippen LogP contribution in [0.3, 0.4) is 0 Å². The van der Waals surface area contributed by atoms with E-state index in [1.54, 1.807) is 13.8 Å². The van der Waals surface area contributed by atoms with Gasteiger partial charge in [0.25, 0.3) is 6.43 Å². The molecular formula is C7H11F2O3P. The molecule has 0 fully saturated rings. The van der Waals surface area contributed by atoms with E-state index in [1.807, 2.05) is 5.66 Å². The highest BCUT2D eigenvalue weighted by Gasteiger charge is 2.20. The molecule has 6 heteroatoms. The van der Waals surface area contributed by atoms with E-state index in [1.165, 1.54) is 5.92 Å². The third-order valence-electron chi connectivity index (χ3n) is 0.909.